The Morgan fingerprint density at radius 2 is 0.938 bits per heavy atom. The fraction of sp³-hybridized carbons (Fsp3) is 0.768. The maximum absolute atomic E-state index is 12.8. The zero-order valence-electron chi connectivity index (χ0n) is 43.0. The number of phosphoric ester groups is 1. The molecule has 0 aliphatic carbocycles. The number of phosphoric acid groups is 1. The number of quaternary nitrogens is 1. The van der Waals surface area contributed by atoms with Crippen LogP contribution in [0, 0.1) is 0 Å². The third kappa shape index (κ3) is 49.7. The Morgan fingerprint density at radius 1 is 0.538 bits per heavy atom. The lowest BCUT2D eigenvalue weighted by atomic mass is 10.0. The molecule has 1 amide bonds. The molecule has 0 saturated carbocycles. The van der Waals surface area contributed by atoms with Gasteiger partial charge in [-0.15, -0.1) is 0 Å². The number of aliphatic hydroxyl groups is 1. The summed E-state index contributed by atoms with van der Waals surface area (Å²) in [6, 6.07) is -0.905. The van der Waals surface area contributed by atoms with Crippen molar-refractivity contribution in [3.63, 3.8) is 0 Å². The summed E-state index contributed by atoms with van der Waals surface area (Å²) in [5.74, 6) is -0.268. The van der Waals surface area contributed by atoms with Crippen molar-refractivity contribution in [1.29, 1.82) is 0 Å². The Labute approximate surface area is 402 Å². The summed E-state index contributed by atoms with van der Waals surface area (Å²) in [6.07, 6.45) is 64.7. The quantitative estimate of drug-likeness (QED) is 0.0243. The second kappa shape index (κ2) is 47.0. The molecule has 8 nitrogen and oxygen atoms in total. The number of hydrogen-bond donors (Lipinski definition) is 3. The molecule has 0 bridgehead atoms. The van der Waals surface area contributed by atoms with E-state index in [1.54, 1.807) is 6.08 Å². The number of unbranched alkanes of at least 4 members (excludes halogenated alkanes) is 25. The molecule has 3 unspecified atom stereocenters. The Bertz CT molecular complexity index is 1290. The second-order valence-corrected chi connectivity index (χ2v) is 20.7. The third-order valence-electron chi connectivity index (χ3n) is 11.7. The molecule has 0 aliphatic heterocycles. The number of likely N-dealkylation sites (N-methyl/N-ethyl adjacent to an activating group) is 1. The fourth-order valence-corrected chi connectivity index (χ4v) is 8.22. The van der Waals surface area contributed by atoms with E-state index in [4.69, 9.17) is 9.05 Å². The highest BCUT2D eigenvalue weighted by Gasteiger charge is 2.27. The van der Waals surface area contributed by atoms with Gasteiger partial charge >= 0.3 is 7.82 Å². The monoisotopic (exact) mass is 932 g/mol. The molecule has 0 fully saturated rings. The molecule has 0 aromatic carbocycles. The van der Waals surface area contributed by atoms with Gasteiger partial charge in [-0.05, 0) is 57.8 Å². The van der Waals surface area contributed by atoms with Crippen LogP contribution in [0.25, 0.3) is 0 Å². The fourth-order valence-electron chi connectivity index (χ4n) is 7.48. The van der Waals surface area contributed by atoms with Crippen LogP contribution in [0.2, 0.25) is 0 Å². The van der Waals surface area contributed by atoms with E-state index >= 15 is 0 Å². The van der Waals surface area contributed by atoms with Crippen molar-refractivity contribution >= 4 is 13.7 Å². The van der Waals surface area contributed by atoms with Crippen LogP contribution in [0.3, 0.4) is 0 Å². The van der Waals surface area contributed by atoms with Gasteiger partial charge in [0.25, 0.3) is 0 Å². The third-order valence-corrected chi connectivity index (χ3v) is 12.7. The van der Waals surface area contributed by atoms with Crippen LogP contribution < -0.4 is 5.32 Å². The maximum atomic E-state index is 12.8. The maximum Gasteiger partial charge on any atom is 0.472 e. The first-order valence-electron chi connectivity index (χ1n) is 26.8. The molecule has 0 radical (unpaired) electrons. The van der Waals surface area contributed by atoms with Crippen molar-refractivity contribution in [3.05, 3.63) is 72.9 Å². The minimum Gasteiger partial charge on any atom is -0.387 e. The number of nitrogens with zero attached hydrogens (tertiary/aromatic N) is 1. The van der Waals surface area contributed by atoms with Gasteiger partial charge in [-0.3, -0.25) is 13.8 Å². The normalized spacial score (nSPS) is 14.6. The molecular weight excluding hydrogens is 828 g/mol. The number of carbonyl (C=O) groups excluding carboxylic acids is 1. The van der Waals surface area contributed by atoms with E-state index in [2.05, 4.69) is 67.8 Å². The van der Waals surface area contributed by atoms with E-state index in [0.717, 1.165) is 44.9 Å². The van der Waals surface area contributed by atoms with Crippen molar-refractivity contribution in [2.24, 2.45) is 0 Å². The molecule has 0 heterocycles. The van der Waals surface area contributed by atoms with Gasteiger partial charge in [0, 0.05) is 6.42 Å². The van der Waals surface area contributed by atoms with Gasteiger partial charge in [0.1, 0.15) is 13.2 Å². The van der Waals surface area contributed by atoms with Crippen LogP contribution in [0.1, 0.15) is 226 Å². The highest BCUT2D eigenvalue weighted by Crippen LogP contribution is 2.43. The predicted octanol–water partition coefficient (Wildman–Crippen LogP) is 15.9. The highest BCUT2D eigenvalue weighted by molar-refractivity contribution is 7.47. The zero-order chi connectivity index (χ0) is 47.8. The summed E-state index contributed by atoms with van der Waals surface area (Å²) in [4.78, 5) is 23.1. The summed E-state index contributed by atoms with van der Waals surface area (Å²) in [5.41, 5.74) is 0. The van der Waals surface area contributed by atoms with Crippen LogP contribution in [0.5, 0.6) is 0 Å². The SMILES string of the molecule is CC/C=C\C/C=C\C/C=C\C/C=C\CCC(=O)NC(COP(=O)(O)OCC[N+](C)(C)C)C(O)/C=C/CC/C=C/CCCCCCCCCCCCCCCCCCCCCCCCCC. The molecule has 9 heteroatoms. The van der Waals surface area contributed by atoms with Gasteiger partial charge < -0.3 is 19.8 Å². The molecule has 378 valence electrons. The molecule has 3 N–H and O–H groups in total. The van der Waals surface area contributed by atoms with Crippen LogP contribution in [-0.4, -0.2) is 73.4 Å². The molecule has 3 atom stereocenters. The molecule has 65 heavy (non-hydrogen) atoms. The van der Waals surface area contributed by atoms with E-state index in [1.807, 2.05) is 39.4 Å². The molecule has 0 aromatic rings. The van der Waals surface area contributed by atoms with Gasteiger partial charge in [-0.2, -0.15) is 0 Å². The minimum absolute atomic E-state index is 0.0405. The van der Waals surface area contributed by atoms with Crippen LogP contribution >= 0.6 is 7.82 Å². The number of allylic oxidation sites excluding steroid dienone is 11. The van der Waals surface area contributed by atoms with Crippen molar-refractivity contribution < 1.29 is 32.9 Å². The summed E-state index contributed by atoms with van der Waals surface area (Å²) < 4.78 is 23.6. The molecule has 0 rings (SSSR count). The lowest BCUT2D eigenvalue weighted by Crippen LogP contribution is -2.45. The molecular formula is C56H104N2O6P+. The lowest BCUT2D eigenvalue weighted by molar-refractivity contribution is -0.870. The van der Waals surface area contributed by atoms with Gasteiger partial charge in [-0.25, -0.2) is 4.57 Å². The van der Waals surface area contributed by atoms with Gasteiger partial charge in [-0.1, -0.05) is 234 Å². The average molecular weight is 932 g/mol. The van der Waals surface area contributed by atoms with Crippen molar-refractivity contribution in [2.75, 3.05) is 40.9 Å². The summed E-state index contributed by atoms with van der Waals surface area (Å²) >= 11 is 0. The lowest BCUT2D eigenvalue weighted by Gasteiger charge is -2.25. The summed E-state index contributed by atoms with van der Waals surface area (Å²) in [5, 5.41) is 13.8. The molecule has 0 saturated heterocycles. The summed E-state index contributed by atoms with van der Waals surface area (Å²) in [7, 11) is 1.50. The predicted molar refractivity (Wildman–Crippen MR) is 281 cm³/mol. The standard InChI is InChI=1S/C56H103N2O6P/c1-6-8-10-12-14-16-18-20-21-22-23-24-25-26-27-28-29-30-31-32-33-34-35-36-38-39-41-43-45-47-49-55(59)54(53-64-65(61,62)63-52-51-58(3,4)5)57-56(60)50-48-46-44-42-40-37-19-17-15-13-11-9-7-2/h9,11,15,17,37,39-41,44,46-47,49,54-55,59H,6-8,10,12-14,16,18-36,38,42-43,45,48,50-53H2,1-5H3,(H-,57,60,61,62)/p+1/b11-9-,17-15-,40-37-,41-39+,46-44-,49-47+. The number of rotatable bonds is 48. The topological polar surface area (TPSA) is 105 Å². The van der Waals surface area contributed by atoms with Crippen LogP contribution in [0.15, 0.2) is 72.9 Å². The van der Waals surface area contributed by atoms with E-state index in [0.29, 0.717) is 17.4 Å². The molecule has 0 aliphatic rings. The van der Waals surface area contributed by atoms with E-state index in [9.17, 15) is 19.4 Å². The first kappa shape index (κ1) is 62.9. The number of carbonyl (C=O) groups is 1. The zero-order valence-corrected chi connectivity index (χ0v) is 43.9. The number of nitrogens with one attached hydrogen (secondary N) is 1. The number of aliphatic hydroxyl groups excluding tert-OH is 1. The van der Waals surface area contributed by atoms with E-state index in [1.165, 1.54) is 154 Å². The Kier molecular flexibility index (Phi) is 45.5. The Hall–Kier alpha value is -2.06. The molecule has 0 spiro atoms. The second-order valence-electron chi connectivity index (χ2n) is 19.2. The van der Waals surface area contributed by atoms with Gasteiger partial charge in [0.05, 0.1) is 39.9 Å². The minimum atomic E-state index is -4.37. The van der Waals surface area contributed by atoms with Crippen LogP contribution in [0.4, 0.5) is 0 Å². The largest absolute Gasteiger partial charge is 0.472 e. The van der Waals surface area contributed by atoms with Crippen molar-refractivity contribution in [3.8, 4) is 0 Å². The van der Waals surface area contributed by atoms with Crippen molar-refractivity contribution in [1.82, 2.24) is 5.32 Å². The van der Waals surface area contributed by atoms with Gasteiger partial charge in [0.15, 0.2) is 0 Å². The average Bonchev–Trinajstić information content (AvgIpc) is 3.26. The van der Waals surface area contributed by atoms with E-state index < -0.39 is 20.0 Å². The van der Waals surface area contributed by atoms with Crippen LogP contribution in [-0.2, 0) is 18.4 Å². The molecule has 0 aromatic heterocycles. The first-order valence-corrected chi connectivity index (χ1v) is 28.3. The number of hydrogen-bond acceptors (Lipinski definition) is 5. The van der Waals surface area contributed by atoms with Crippen molar-refractivity contribution in [2.45, 2.75) is 238 Å². The first-order chi connectivity index (χ1) is 31.5. The Balaban J connectivity index is 4.22. The highest BCUT2D eigenvalue weighted by atomic mass is 31.2. The summed E-state index contributed by atoms with van der Waals surface area (Å²) in [6.45, 7) is 4.62. The Morgan fingerprint density at radius 3 is 1.40 bits per heavy atom. The van der Waals surface area contributed by atoms with E-state index in [-0.39, 0.29) is 25.5 Å². The van der Waals surface area contributed by atoms with Gasteiger partial charge in [0.2, 0.25) is 5.91 Å². The number of amides is 1. The smallest absolute Gasteiger partial charge is 0.387 e.